The van der Waals surface area contributed by atoms with Crippen LogP contribution in [0.15, 0.2) is 17.5 Å². The zero-order valence-corrected chi connectivity index (χ0v) is 11.9. The molecular weight excluding hydrogens is 270 g/mol. The molecule has 0 saturated heterocycles. The van der Waals surface area contributed by atoms with Gasteiger partial charge in [0.15, 0.2) is 0 Å². The van der Waals surface area contributed by atoms with E-state index in [1.807, 2.05) is 24.4 Å². The number of carboxylic acids is 1. The number of thioether (sulfide) groups is 1. The average Bonchev–Trinajstić information content (AvgIpc) is 2.81. The second-order valence-electron chi connectivity index (χ2n) is 3.82. The maximum Gasteiger partial charge on any atom is 0.326 e. The van der Waals surface area contributed by atoms with E-state index in [-0.39, 0.29) is 5.91 Å². The van der Waals surface area contributed by atoms with E-state index in [0.717, 1.165) is 12.2 Å². The summed E-state index contributed by atoms with van der Waals surface area (Å²) in [4.78, 5) is 23.7. The summed E-state index contributed by atoms with van der Waals surface area (Å²) in [5.41, 5.74) is 0. The highest BCUT2D eigenvalue weighted by atomic mass is 32.2. The standard InChI is InChI=1S/C12H17NO3S2/c1-2-4-10(12(15)16)13-11(14)8-17-7-9-5-3-6-18-9/h3,5-6,10H,2,4,7-8H2,1H3,(H,13,14)(H,15,16). The summed E-state index contributed by atoms with van der Waals surface area (Å²) in [5, 5.41) is 13.4. The Morgan fingerprint density at radius 3 is 2.89 bits per heavy atom. The van der Waals surface area contributed by atoms with Crippen molar-refractivity contribution in [3.63, 3.8) is 0 Å². The second-order valence-corrected chi connectivity index (χ2v) is 5.84. The summed E-state index contributed by atoms with van der Waals surface area (Å²) in [6, 6.07) is 3.24. The third kappa shape index (κ3) is 5.55. The fourth-order valence-electron chi connectivity index (χ4n) is 1.42. The largest absolute Gasteiger partial charge is 0.480 e. The number of amides is 1. The van der Waals surface area contributed by atoms with Crippen LogP contribution in [-0.4, -0.2) is 28.8 Å². The molecule has 6 heteroatoms. The molecule has 0 aliphatic heterocycles. The smallest absolute Gasteiger partial charge is 0.326 e. The van der Waals surface area contributed by atoms with E-state index in [2.05, 4.69) is 5.32 Å². The molecule has 1 rings (SSSR count). The first-order valence-electron chi connectivity index (χ1n) is 5.75. The molecule has 0 aliphatic carbocycles. The van der Waals surface area contributed by atoms with Crippen molar-refractivity contribution in [3.05, 3.63) is 22.4 Å². The molecule has 0 radical (unpaired) electrons. The Labute approximate surface area is 115 Å². The van der Waals surface area contributed by atoms with Crippen molar-refractivity contribution in [1.29, 1.82) is 0 Å². The molecular formula is C12H17NO3S2. The maximum absolute atomic E-state index is 11.6. The highest BCUT2D eigenvalue weighted by Gasteiger charge is 2.18. The number of carbonyl (C=O) groups is 2. The summed E-state index contributed by atoms with van der Waals surface area (Å²) >= 11 is 3.15. The number of hydrogen-bond donors (Lipinski definition) is 2. The Balaban J connectivity index is 2.25. The molecule has 1 amide bonds. The number of nitrogens with one attached hydrogen (secondary N) is 1. The van der Waals surface area contributed by atoms with Crippen LogP contribution in [0.1, 0.15) is 24.6 Å². The van der Waals surface area contributed by atoms with Gasteiger partial charge in [0.1, 0.15) is 6.04 Å². The zero-order valence-electron chi connectivity index (χ0n) is 10.2. The normalized spacial score (nSPS) is 12.1. The van der Waals surface area contributed by atoms with Gasteiger partial charge in [0.25, 0.3) is 0 Å². The first-order chi connectivity index (χ1) is 8.63. The van der Waals surface area contributed by atoms with E-state index in [1.165, 1.54) is 16.6 Å². The molecule has 1 aromatic heterocycles. The number of carboxylic acid groups (broad SMARTS) is 1. The van der Waals surface area contributed by atoms with Gasteiger partial charge in [-0.15, -0.1) is 23.1 Å². The van der Waals surface area contributed by atoms with Crippen LogP contribution < -0.4 is 5.32 Å². The third-order valence-corrected chi connectivity index (χ3v) is 4.31. The molecule has 0 fully saturated rings. The van der Waals surface area contributed by atoms with Crippen LogP contribution in [0.25, 0.3) is 0 Å². The summed E-state index contributed by atoms with van der Waals surface area (Å²) in [7, 11) is 0. The van der Waals surface area contributed by atoms with Crippen LogP contribution >= 0.6 is 23.1 Å². The predicted octanol–water partition coefficient (Wildman–Crippen LogP) is 2.35. The average molecular weight is 287 g/mol. The first-order valence-corrected chi connectivity index (χ1v) is 7.79. The van der Waals surface area contributed by atoms with Gasteiger partial charge in [-0.2, -0.15) is 0 Å². The minimum Gasteiger partial charge on any atom is -0.480 e. The molecule has 1 atom stereocenters. The Hall–Kier alpha value is -1.01. The molecule has 1 heterocycles. The summed E-state index contributed by atoms with van der Waals surface area (Å²) in [5.74, 6) is -0.0898. The highest BCUT2D eigenvalue weighted by Crippen LogP contribution is 2.16. The van der Waals surface area contributed by atoms with E-state index < -0.39 is 12.0 Å². The lowest BCUT2D eigenvalue weighted by Crippen LogP contribution is -2.41. The molecule has 0 aliphatic rings. The molecule has 1 aromatic rings. The fraction of sp³-hybridized carbons (Fsp3) is 0.500. The van der Waals surface area contributed by atoms with Crippen LogP contribution in [0.3, 0.4) is 0 Å². The Morgan fingerprint density at radius 1 is 1.56 bits per heavy atom. The van der Waals surface area contributed by atoms with Crippen molar-refractivity contribution in [3.8, 4) is 0 Å². The van der Waals surface area contributed by atoms with Crippen molar-refractivity contribution in [2.24, 2.45) is 0 Å². The molecule has 2 N–H and O–H groups in total. The summed E-state index contributed by atoms with van der Waals surface area (Å²) in [6.45, 7) is 1.90. The second kappa shape index (κ2) is 8.16. The molecule has 0 bridgehead atoms. The minimum atomic E-state index is -0.964. The minimum absolute atomic E-state index is 0.211. The molecule has 1 unspecified atom stereocenters. The van der Waals surface area contributed by atoms with Crippen LogP contribution in [0.2, 0.25) is 0 Å². The quantitative estimate of drug-likeness (QED) is 0.770. The van der Waals surface area contributed by atoms with Crippen LogP contribution in [0.4, 0.5) is 0 Å². The number of rotatable bonds is 8. The zero-order chi connectivity index (χ0) is 13.4. The van der Waals surface area contributed by atoms with Crippen molar-refractivity contribution in [2.75, 3.05) is 5.75 Å². The van der Waals surface area contributed by atoms with Gasteiger partial charge in [0.05, 0.1) is 5.75 Å². The predicted molar refractivity (Wildman–Crippen MR) is 75.0 cm³/mol. The third-order valence-electron chi connectivity index (χ3n) is 2.27. The van der Waals surface area contributed by atoms with E-state index in [9.17, 15) is 9.59 Å². The van der Waals surface area contributed by atoms with E-state index in [0.29, 0.717) is 12.2 Å². The van der Waals surface area contributed by atoms with Crippen LogP contribution in [0.5, 0.6) is 0 Å². The Bertz CT molecular complexity index is 379. The highest BCUT2D eigenvalue weighted by molar-refractivity contribution is 7.99. The maximum atomic E-state index is 11.6. The fourth-order valence-corrected chi connectivity index (χ4v) is 3.10. The lowest BCUT2D eigenvalue weighted by molar-refractivity contribution is -0.141. The molecule has 0 saturated carbocycles. The van der Waals surface area contributed by atoms with E-state index in [1.54, 1.807) is 11.3 Å². The Morgan fingerprint density at radius 2 is 2.33 bits per heavy atom. The van der Waals surface area contributed by atoms with Gasteiger partial charge in [-0.25, -0.2) is 4.79 Å². The van der Waals surface area contributed by atoms with Crippen LogP contribution in [0, 0.1) is 0 Å². The number of carbonyl (C=O) groups excluding carboxylic acids is 1. The van der Waals surface area contributed by atoms with E-state index in [4.69, 9.17) is 5.11 Å². The summed E-state index contributed by atoms with van der Waals surface area (Å²) < 4.78 is 0. The lowest BCUT2D eigenvalue weighted by Gasteiger charge is -2.13. The first kappa shape index (κ1) is 15.0. The van der Waals surface area contributed by atoms with Crippen molar-refractivity contribution < 1.29 is 14.7 Å². The van der Waals surface area contributed by atoms with Gasteiger partial charge in [0.2, 0.25) is 5.91 Å². The topological polar surface area (TPSA) is 66.4 Å². The number of thiophene rings is 1. The van der Waals surface area contributed by atoms with Gasteiger partial charge in [0, 0.05) is 10.6 Å². The lowest BCUT2D eigenvalue weighted by atomic mass is 10.2. The van der Waals surface area contributed by atoms with Crippen molar-refractivity contribution in [2.45, 2.75) is 31.6 Å². The molecule has 18 heavy (non-hydrogen) atoms. The molecule has 0 spiro atoms. The van der Waals surface area contributed by atoms with Gasteiger partial charge in [-0.05, 0) is 17.9 Å². The van der Waals surface area contributed by atoms with Crippen molar-refractivity contribution >= 4 is 35.0 Å². The molecule has 100 valence electrons. The van der Waals surface area contributed by atoms with Gasteiger partial charge < -0.3 is 10.4 Å². The van der Waals surface area contributed by atoms with Crippen molar-refractivity contribution in [1.82, 2.24) is 5.32 Å². The van der Waals surface area contributed by atoms with Gasteiger partial charge in [-0.1, -0.05) is 19.4 Å². The SMILES string of the molecule is CCCC(NC(=O)CSCc1cccs1)C(=O)O. The molecule has 0 aromatic carbocycles. The van der Waals surface area contributed by atoms with Gasteiger partial charge >= 0.3 is 5.97 Å². The molecule has 4 nitrogen and oxygen atoms in total. The van der Waals surface area contributed by atoms with Gasteiger partial charge in [-0.3, -0.25) is 4.79 Å². The summed E-state index contributed by atoms with van der Waals surface area (Å²) in [6.07, 6.45) is 1.20. The van der Waals surface area contributed by atoms with Crippen LogP contribution in [-0.2, 0) is 15.3 Å². The Kier molecular flexibility index (Phi) is 6.82. The van der Waals surface area contributed by atoms with E-state index >= 15 is 0 Å². The number of hydrogen-bond acceptors (Lipinski definition) is 4. The number of aliphatic carboxylic acids is 1. The monoisotopic (exact) mass is 287 g/mol.